The van der Waals surface area contributed by atoms with E-state index in [0.29, 0.717) is 6.54 Å². The van der Waals surface area contributed by atoms with Gasteiger partial charge in [-0.15, -0.1) is 0 Å². The summed E-state index contributed by atoms with van der Waals surface area (Å²) in [6, 6.07) is 6.96. The fraction of sp³-hybridized carbons (Fsp3) is 0.200. The SMILES string of the molecule is O=c1c[n+](CCc2ccc(O)cc2)[nH]o1. The minimum absolute atomic E-state index is 0.253. The van der Waals surface area contributed by atoms with Gasteiger partial charge in [-0.25, -0.2) is 4.79 Å². The van der Waals surface area contributed by atoms with Crippen LogP contribution < -0.4 is 10.3 Å². The third kappa shape index (κ3) is 2.46. The number of rotatable bonds is 3. The van der Waals surface area contributed by atoms with Gasteiger partial charge in [0, 0.05) is 6.42 Å². The minimum Gasteiger partial charge on any atom is -0.508 e. The summed E-state index contributed by atoms with van der Waals surface area (Å²) < 4.78 is 6.09. The molecule has 0 amide bonds. The summed E-state index contributed by atoms with van der Waals surface area (Å²) in [5.41, 5.74) is 0.697. The minimum atomic E-state index is -0.388. The monoisotopic (exact) mass is 207 g/mol. The molecule has 1 aromatic heterocycles. The summed E-state index contributed by atoms with van der Waals surface area (Å²) in [4.78, 5) is 10.7. The fourth-order valence-corrected chi connectivity index (χ4v) is 1.31. The van der Waals surface area contributed by atoms with Crippen molar-refractivity contribution in [1.82, 2.24) is 5.27 Å². The molecule has 0 bridgehead atoms. The van der Waals surface area contributed by atoms with Crippen LogP contribution in [0.5, 0.6) is 5.75 Å². The van der Waals surface area contributed by atoms with E-state index in [1.54, 1.807) is 16.8 Å². The summed E-state index contributed by atoms with van der Waals surface area (Å²) in [6.07, 6.45) is 2.13. The Labute approximate surface area is 85.5 Å². The largest absolute Gasteiger partial charge is 0.508 e. The maximum Gasteiger partial charge on any atom is 0.426 e. The van der Waals surface area contributed by atoms with Crippen LogP contribution in [-0.2, 0) is 13.0 Å². The lowest BCUT2D eigenvalue weighted by Crippen LogP contribution is -2.36. The van der Waals surface area contributed by atoms with E-state index in [2.05, 4.69) is 9.79 Å². The lowest BCUT2D eigenvalue weighted by atomic mass is 10.1. The highest BCUT2D eigenvalue weighted by atomic mass is 16.5. The Hall–Kier alpha value is -2.04. The molecule has 78 valence electrons. The molecule has 2 N–H and O–H groups in total. The van der Waals surface area contributed by atoms with E-state index >= 15 is 0 Å². The van der Waals surface area contributed by atoms with Crippen molar-refractivity contribution in [2.75, 3.05) is 0 Å². The van der Waals surface area contributed by atoms with Crippen molar-refractivity contribution in [3.63, 3.8) is 0 Å². The molecule has 0 spiro atoms. The number of aromatic hydroxyl groups is 1. The van der Waals surface area contributed by atoms with Gasteiger partial charge in [-0.05, 0) is 23.0 Å². The molecule has 0 aliphatic carbocycles. The highest BCUT2D eigenvalue weighted by molar-refractivity contribution is 5.25. The van der Waals surface area contributed by atoms with Gasteiger partial charge in [0.2, 0.25) is 0 Å². The number of hydrogen-bond acceptors (Lipinski definition) is 3. The molecule has 5 heteroatoms. The van der Waals surface area contributed by atoms with Crippen molar-refractivity contribution < 1.29 is 14.3 Å². The Balaban J connectivity index is 1.99. The summed E-state index contributed by atoms with van der Waals surface area (Å²) in [5, 5.41) is 11.5. The Morgan fingerprint density at radius 1 is 1.33 bits per heavy atom. The molecule has 1 heterocycles. The number of phenolic OH excluding ortho intramolecular Hbond substituents is 1. The van der Waals surface area contributed by atoms with Crippen LogP contribution in [0.1, 0.15) is 5.56 Å². The van der Waals surface area contributed by atoms with Gasteiger partial charge in [0.25, 0.3) is 6.20 Å². The van der Waals surface area contributed by atoms with Gasteiger partial charge in [0.05, 0.1) is 0 Å². The first-order valence-corrected chi connectivity index (χ1v) is 4.60. The summed E-state index contributed by atoms with van der Waals surface area (Å²) in [7, 11) is 0. The van der Waals surface area contributed by atoms with Crippen molar-refractivity contribution in [2.45, 2.75) is 13.0 Å². The van der Waals surface area contributed by atoms with E-state index in [1.165, 1.54) is 6.20 Å². The van der Waals surface area contributed by atoms with E-state index in [-0.39, 0.29) is 11.4 Å². The number of H-pyrrole nitrogens is 1. The lowest BCUT2D eigenvalue weighted by molar-refractivity contribution is -0.761. The number of aryl methyl sites for hydroxylation is 2. The molecule has 1 aromatic carbocycles. The molecule has 0 aliphatic heterocycles. The zero-order valence-corrected chi connectivity index (χ0v) is 8.01. The molecule has 5 nitrogen and oxygen atoms in total. The molecule has 0 saturated carbocycles. The fourth-order valence-electron chi connectivity index (χ4n) is 1.31. The van der Waals surface area contributed by atoms with E-state index in [4.69, 9.17) is 5.11 Å². The first-order chi connectivity index (χ1) is 7.24. The molecule has 0 unspecified atom stereocenters. The molecular weight excluding hydrogens is 196 g/mol. The second kappa shape index (κ2) is 4.00. The predicted octanol–water partition coefficient (Wildman–Crippen LogP) is 0.204. The van der Waals surface area contributed by atoms with Crippen molar-refractivity contribution in [3.8, 4) is 5.75 Å². The number of nitrogens with one attached hydrogen (secondary N) is 1. The number of aromatic amines is 1. The van der Waals surface area contributed by atoms with Crippen LogP contribution in [0.25, 0.3) is 0 Å². The quantitative estimate of drug-likeness (QED) is 0.706. The van der Waals surface area contributed by atoms with E-state index in [0.717, 1.165) is 12.0 Å². The predicted molar refractivity (Wildman–Crippen MR) is 51.3 cm³/mol. The zero-order chi connectivity index (χ0) is 10.7. The van der Waals surface area contributed by atoms with Gasteiger partial charge in [0.15, 0.2) is 6.54 Å². The smallest absolute Gasteiger partial charge is 0.426 e. The van der Waals surface area contributed by atoms with Crippen LogP contribution in [-0.4, -0.2) is 10.4 Å². The van der Waals surface area contributed by atoms with Crippen molar-refractivity contribution in [3.05, 3.63) is 46.4 Å². The average molecular weight is 207 g/mol. The van der Waals surface area contributed by atoms with Crippen LogP contribution in [0.4, 0.5) is 0 Å². The highest BCUT2D eigenvalue weighted by Crippen LogP contribution is 2.09. The first kappa shape index (κ1) is 9.51. The van der Waals surface area contributed by atoms with E-state index < -0.39 is 0 Å². The Kier molecular flexibility index (Phi) is 2.53. The molecule has 0 aliphatic rings. The molecule has 0 atom stereocenters. The Morgan fingerprint density at radius 2 is 2.07 bits per heavy atom. The van der Waals surface area contributed by atoms with E-state index in [1.807, 2.05) is 12.1 Å². The van der Waals surface area contributed by atoms with Gasteiger partial charge >= 0.3 is 5.63 Å². The van der Waals surface area contributed by atoms with Gasteiger partial charge in [-0.1, -0.05) is 16.8 Å². The normalized spacial score (nSPS) is 10.4. The molecule has 2 rings (SSSR count). The van der Waals surface area contributed by atoms with Crippen LogP contribution >= 0.6 is 0 Å². The van der Waals surface area contributed by atoms with E-state index in [9.17, 15) is 4.79 Å². The van der Waals surface area contributed by atoms with Crippen molar-refractivity contribution in [2.24, 2.45) is 0 Å². The van der Waals surface area contributed by atoms with Gasteiger partial charge in [0.1, 0.15) is 5.75 Å². The number of benzene rings is 1. The Bertz CT molecular complexity index is 484. The number of nitrogens with zero attached hydrogens (tertiary/aromatic N) is 1. The topological polar surface area (TPSA) is 70.1 Å². The summed E-state index contributed by atoms with van der Waals surface area (Å²) >= 11 is 0. The average Bonchev–Trinajstić information content (AvgIpc) is 2.64. The molecule has 0 radical (unpaired) electrons. The molecule has 0 fully saturated rings. The van der Waals surface area contributed by atoms with Crippen LogP contribution in [0.15, 0.2) is 39.8 Å². The van der Waals surface area contributed by atoms with Crippen molar-refractivity contribution in [1.29, 1.82) is 0 Å². The molecule has 2 aromatic rings. The second-order valence-corrected chi connectivity index (χ2v) is 3.25. The number of aromatic nitrogens is 2. The van der Waals surface area contributed by atoms with Gasteiger partial charge in [-0.2, -0.15) is 0 Å². The van der Waals surface area contributed by atoms with Crippen LogP contribution in [0.3, 0.4) is 0 Å². The molecule has 15 heavy (non-hydrogen) atoms. The van der Waals surface area contributed by atoms with Gasteiger partial charge < -0.3 is 5.11 Å². The number of hydrogen-bond donors (Lipinski definition) is 2. The number of phenols is 1. The first-order valence-electron chi connectivity index (χ1n) is 4.60. The lowest BCUT2D eigenvalue weighted by Gasteiger charge is -1.96. The Morgan fingerprint density at radius 3 is 2.67 bits per heavy atom. The summed E-state index contributed by atoms with van der Waals surface area (Å²) in [5.74, 6) is 0.253. The van der Waals surface area contributed by atoms with Crippen LogP contribution in [0.2, 0.25) is 0 Å². The molecular formula is C10H11N2O3+. The van der Waals surface area contributed by atoms with Crippen LogP contribution in [0, 0.1) is 0 Å². The molecule has 0 saturated heterocycles. The second-order valence-electron chi connectivity index (χ2n) is 3.25. The maximum absolute atomic E-state index is 10.7. The highest BCUT2D eigenvalue weighted by Gasteiger charge is 2.05. The maximum atomic E-state index is 10.7. The van der Waals surface area contributed by atoms with Gasteiger partial charge in [-0.3, -0.25) is 4.52 Å². The summed E-state index contributed by atoms with van der Waals surface area (Å²) in [6.45, 7) is 0.635. The third-order valence-corrected chi connectivity index (χ3v) is 2.10. The zero-order valence-electron chi connectivity index (χ0n) is 8.01. The standard InChI is InChI=1S/C10H10N2O3/c13-9-3-1-8(2-4-9)5-6-12-7-10(14)15-11-12/h1-4,7H,5-6H2,(H-,11,13,14)/p+1. The van der Waals surface area contributed by atoms with Crippen molar-refractivity contribution >= 4 is 0 Å². The third-order valence-electron chi connectivity index (χ3n) is 2.10.